The van der Waals surface area contributed by atoms with E-state index >= 15 is 0 Å². The first-order valence-electron chi connectivity index (χ1n) is 7.70. The van der Waals surface area contributed by atoms with Gasteiger partial charge in [-0.05, 0) is 25.0 Å². The number of hydrogen-bond acceptors (Lipinski definition) is 4. The minimum absolute atomic E-state index is 0.106. The van der Waals surface area contributed by atoms with Crippen LogP contribution >= 0.6 is 0 Å². The lowest BCUT2D eigenvalue weighted by Crippen LogP contribution is -2.24. The zero-order valence-electron chi connectivity index (χ0n) is 12.2. The summed E-state index contributed by atoms with van der Waals surface area (Å²) < 4.78 is 1.79. The van der Waals surface area contributed by atoms with E-state index in [0.717, 1.165) is 24.1 Å². The van der Waals surface area contributed by atoms with Gasteiger partial charge >= 0.3 is 5.69 Å². The maximum absolute atomic E-state index is 12.3. The number of imidazole rings is 1. The van der Waals surface area contributed by atoms with E-state index < -0.39 is 0 Å². The Morgan fingerprint density at radius 1 is 1.18 bits per heavy atom. The normalized spacial score (nSPS) is 16.2. The van der Waals surface area contributed by atoms with Gasteiger partial charge in [-0.15, -0.1) is 0 Å². The highest BCUT2D eigenvalue weighted by atomic mass is 16.1. The Labute approximate surface area is 127 Å². The zero-order valence-corrected chi connectivity index (χ0v) is 12.2. The van der Waals surface area contributed by atoms with Crippen LogP contribution in [-0.2, 0) is 0 Å². The minimum Gasteiger partial charge on any atom is -0.289 e. The molecule has 1 aliphatic rings. The lowest BCUT2D eigenvalue weighted by atomic mass is 9.95. The molecule has 6 heteroatoms. The van der Waals surface area contributed by atoms with Crippen molar-refractivity contribution in [1.29, 1.82) is 0 Å². The largest absolute Gasteiger partial charge is 0.329 e. The van der Waals surface area contributed by atoms with E-state index in [2.05, 4.69) is 19.9 Å². The molecule has 0 spiro atoms. The first-order chi connectivity index (χ1) is 10.8. The van der Waals surface area contributed by atoms with Crippen molar-refractivity contribution in [2.24, 2.45) is 0 Å². The Bertz CT molecular complexity index is 846. The fourth-order valence-corrected chi connectivity index (χ4v) is 3.22. The molecule has 3 aromatic heterocycles. The van der Waals surface area contributed by atoms with Crippen LogP contribution in [0.25, 0.3) is 22.6 Å². The van der Waals surface area contributed by atoms with Gasteiger partial charge in [-0.1, -0.05) is 19.3 Å². The number of aromatic amines is 1. The second-order valence-corrected chi connectivity index (χ2v) is 5.76. The number of nitrogens with one attached hydrogen (secondary N) is 1. The molecule has 3 heterocycles. The van der Waals surface area contributed by atoms with E-state index in [9.17, 15) is 4.79 Å². The Kier molecular flexibility index (Phi) is 3.21. The highest BCUT2D eigenvalue weighted by Crippen LogP contribution is 2.29. The number of nitrogens with zero attached hydrogens (tertiary/aromatic N) is 4. The molecule has 6 nitrogen and oxygen atoms in total. The number of H-pyrrole nitrogens is 1. The molecule has 1 aliphatic carbocycles. The maximum atomic E-state index is 12.3. The second kappa shape index (κ2) is 5.36. The fourth-order valence-electron chi connectivity index (χ4n) is 3.22. The molecule has 0 amide bonds. The Morgan fingerprint density at radius 2 is 2.05 bits per heavy atom. The summed E-state index contributed by atoms with van der Waals surface area (Å²) in [4.78, 5) is 28.3. The Balaban J connectivity index is 1.86. The first kappa shape index (κ1) is 13.2. The molecular formula is C16H17N5O. The van der Waals surface area contributed by atoms with E-state index in [4.69, 9.17) is 0 Å². The molecule has 0 saturated heterocycles. The summed E-state index contributed by atoms with van der Waals surface area (Å²) in [5, 5.41) is 0. The van der Waals surface area contributed by atoms with Gasteiger partial charge in [0.1, 0.15) is 0 Å². The molecule has 0 radical (unpaired) electrons. The standard InChI is InChI=1S/C16H17N5O/c22-16-20-14-15(21(16)12-6-2-1-3-7-12)19-13(10-18-14)11-5-4-8-17-9-11/h4-5,8-10,12H,1-3,6-7H2,(H,18,20,22). The third-order valence-electron chi connectivity index (χ3n) is 4.32. The molecule has 112 valence electrons. The summed E-state index contributed by atoms with van der Waals surface area (Å²) >= 11 is 0. The highest BCUT2D eigenvalue weighted by molar-refractivity contribution is 5.70. The molecule has 0 unspecified atom stereocenters. The summed E-state index contributed by atoms with van der Waals surface area (Å²) in [5.74, 6) is 0. The van der Waals surface area contributed by atoms with E-state index in [1.807, 2.05) is 12.1 Å². The molecule has 0 bridgehead atoms. The predicted octanol–water partition coefficient (Wildman–Crippen LogP) is 2.69. The van der Waals surface area contributed by atoms with Crippen LogP contribution in [0.1, 0.15) is 38.1 Å². The minimum atomic E-state index is -0.106. The molecule has 0 aromatic carbocycles. The van der Waals surface area contributed by atoms with Crippen LogP contribution in [-0.4, -0.2) is 24.5 Å². The van der Waals surface area contributed by atoms with Crippen molar-refractivity contribution in [3.05, 3.63) is 41.2 Å². The number of pyridine rings is 1. The lowest BCUT2D eigenvalue weighted by molar-refractivity contribution is 0.352. The van der Waals surface area contributed by atoms with E-state index in [0.29, 0.717) is 11.3 Å². The molecule has 0 aliphatic heterocycles. The highest BCUT2D eigenvalue weighted by Gasteiger charge is 2.21. The van der Waals surface area contributed by atoms with Gasteiger partial charge < -0.3 is 0 Å². The summed E-state index contributed by atoms with van der Waals surface area (Å²) in [7, 11) is 0. The molecule has 22 heavy (non-hydrogen) atoms. The third-order valence-corrected chi connectivity index (χ3v) is 4.32. The molecule has 3 aromatic rings. The van der Waals surface area contributed by atoms with Crippen LogP contribution in [0.3, 0.4) is 0 Å². The van der Waals surface area contributed by atoms with Crippen molar-refractivity contribution in [3.8, 4) is 11.3 Å². The molecular weight excluding hydrogens is 278 g/mol. The average Bonchev–Trinajstić information content (AvgIpc) is 2.91. The summed E-state index contributed by atoms with van der Waals surface area (Å²) in [5.41, 5.74) is 2.75. The van der Waals surface area contributed by atoms with Gasteiger partial charge in [-0.3, -0.25) is 14.5 Å². The molecule has 1 N–H and O–H groups in total. The van der Waals surface area contributed by atoms with Crippen LogP contribution in [0.5, 0.6) is 0 Å². The van der Waals surface area contributed by atoms with Crippen LogP contribution in [0.15, 0.2) is 35.5 Å². The quantitative estimate of drug-likeness (QED) is 0.788. The summed E-state index contributed by atoms with van der Waals surface area (Å²) in [6, 6.07) is 4.04. The van der Waals surface area contributed by atoms with Gasteiger partial charge in [0.2, 0.25) is 0 Å². The van der Waals surface area contributed by atoms with Crippen LogP contribution in [0.2, 0.25) is 0 Å². The van der Waals surface area contributed by atoms with Gasteiger partial charge in [0.05, 0.1) is 11.9 Å². The van der Waals surface area contributed by atoms with E-state index in [1.165, 1.54) is 19.3 Å². The zero-order chi connectivity index (χ0) is 14.9. The van der Waals surface area contributed by atoms with Crippen molar-refractivity contribution in [2.45, 2.75) is 38.1 Å². The second-order valence-electron chi connectivity index (χ2n) is 5.76. The van der Waals surface area contributed by atoms with Crippen molar-refractivity contribution in [1.82, 2.24) is 24.5 Å². The molecule has 4 rings (SSSR count). The Hall–Kier alpha value is -2.50. The predicted molar refractivity (Wildman–Crippen MR) is 83.5 cm³/mol. The van der Waals surface area contributed by atoms with Gasteiger partial charge in [-0.2, -0.15) is 0 Å². The van der Waals surface area contributed by atoms with Crippen LogP contribution in [0, 0.1) is 0 Å². The number of aromatic nitrogens is 5. The monoisotopic (exact) mass is 295 g/mol. The summed E-state index contributed by atoms with van der Waals surface area (Å²) in [6.45, 7) is 0. The molecule has 1 fully saturated rings. The molecule has 1 saturated carbocycles. The maximum Gasteiger partial charge on any atom is 0.329 e. The topological polar surface area (TPSA) is 76.5 Å². The van der Waals surface area contributed by atoms with Crippen molar-refractivity contribution in [3.63, 3.8) is 0 Å². The fraction of sp³-hybridized carbons (Fsp3) is 0.375. The number of fused-ring (bicyclic) bond motifs is 1. The van der Waals surface area contributed by atoms with Crippen molar-refractivity contribution in [2.75, 3.05) is 0 Å². The van der Waals surface area contributed by atoms with E-state index in [1.54, 1.807) is 23.2 Å². The van der Waals surface area contributed by atoms with Crippen molar-refractivity contribution < 1.29 is 0 Å². The SMILES string of the molecule is O=c1[nH]c2ncc(-c3cccnc3)nc2n1C1CCCCC1. The van der Waals surface area contributed by atoms with Gasteiger partial charge in [0.15, 0.2) is 11.3 Å². The van der Waals surface area contributed by atoms with Gasteiger partial charge in [-0.25, -0.2) is 14.8 Å². The third kappa shape index (κ3) is 2.20. The number of hydrogen-bond donors (Lipinski definition) is 1. The first-order valence-corrected chi connectivity index (χ1v) is 7.70. The molecule has 0 atom stereocenters. The smallest absolute Gasteiger partial charge is 0.289 e. The van der Waals surface area contributed by atoms with E-state index in [-0.39, 0.29) is 11.7 Å². The summed E-state index contributed by atoms with van der Waals surface area (Å²) in [6.07, 6.45) is 10.8. The van der Waals surface area contributed by atoms with Gasteiger partial charge in [0, 0.05) is 24.0 Å². The van der Waals surface area contributed by atoms with Crippen LogP contribution < -0.4 is 5.69 Å². The Morgan fingerprint density at radius 3 is 2.82 bits per heavy atom. The number of rotatable bonds is 2. The van der Waals surface area contributed by atoms with Gasteiger partial charge in [0.25, 0.3) is 0 Å². The average molecular weight is 295 g/mol. The van der Waals surface area contributed by atoms with Crippen molar-refractivity contribution >= 4 is 11.3 Å². The van der Waals surface area contributed by atoms with Crippen LogP contribution in [0.4, 0.5) is 0 Å². The lowest BCUT2D eigenvalue weighted by Gasteiger charge is -2.22.